The Kier molecular flexibility index (Phi) is 5.86. The first-order valence-corrected chi connectivity index (χ1v) is 10.6. The molecule has 1 fully saturated rings. The number of rotatable bonds is 3. The molecule has 0 bridgehead atoms. The largest absolute Gasteiger partial charge is 0.336 e. The molecule has 0 aliphatic carbocycles. The molecule has 0 spiro atoms. The monoisotopic (exact) mass is 487 g/mol. The molecule has 1 N–H and O–H groups in total. The number of barbiturate groups is 1. The van der Waals surface area contributed by atoms with Gasteiger partial charge in [-0.15, -0.1) is 0 Å². The lowest BCUT2D eigenvalue weighted by molar-refractivity contribution is -0.122. The normalized spacial score (nSPS) is 15.5. The summed E-state index contributed by atoms with van der Waals surface area (Å²) in [4.78, 5) is 39.0. The number of hydrogen-bond acceptors (Lipinski definition) is 3. The fourth-order valence-corrected chi connectivity index (χ4v) is 4.23. The number of para-hydroxylation sites is 1. The number of carbonyl (C=O) groups excluding carboxylic acids is 3. The third kappa shape index (κ3) is 3.71. The molecule has 1 saturated heterocycles. The summed E-state index contributed by atoms with van der Waals surface area (Å²) < 4.78 is 1.93. The summed E-state index contributed by atoms with van der Waals surface area (Å²) in [6.07, 6.45) is 1.45. The molecule has 0 atom stereocenters. The number of nitrogens with one attached hydrogen (secondary N) is 1. The lowest BCUT2D eigenvalue weighted by atomic mass is 10.1. The van der Waals surface area contributed by atoms with E-state index in [2.05, 4.69) is 5.32 Å². The maximum Gasteiger partial charge on any atom is 0.336 e. The van der Waals surface area contributed by atoms with Crippen LogP contribution in [0, 0.1) is 13.8 Å². The Hall–Kier alpha value is -3.06. The summed E-state index contributed by atoms with van der Waals surface area (Å²) in [6.45, 7) is 3.74. The SMILES string of the molecule is Cc1cc(/C=C2\C(=O)NC(=O)N(c3cccc(Cl)c3Cl)C2=O)c(C)n1-c1ccccc1Cl. The molecule has 0 unspecified atom stereocenters. The van der Waals surface area contributed by atoms with E-state index in [0.717, 1.165) is 22.0 Å². The number of hydrogen-bond donors (Lipinski definition) is 1. The van der Waals surface area contributed by atoms with Crippen molar-refractivity contribution < 1.29 is 14.4 Å². The van der Waals surface area contributed by atoms with Crippen molar-refractivity contribution in [3.05, 3.63) is 86.1 Å². The lowest BCUT2D eigenvalue weighted by Gasteiger charge is -2.27. The smallest absolute Gasteiger partial charge is 0.316 e. The van der Waals surface area contributed by atoms with Gasteiger partial charge in [0.05, 0.1) is 26.4 Å². The van der Waals surface area contributed by atoms with Crippen molar-refractivity contribution >= 4 is 64.4 Å². The molecule has 1 aliphatic heterocycles. The average molecular weight is 489 g/mol. The molecule has 3 aromatic rings. The third-order valence-corrected chi connectivity index (χ3v) is 6.27. The van der Waals surface area contributed by atoms with Gasteiger partial charge in [-0.05, 0) is 55.8 Å². The minimum atomic E-state index is -0.900. The summed E-state index contributed by atoms with van der Waals surface area (Å²) in [7, 11) is 0. The van der Waals surface area contributed by atoms with E-state index in [0.29, 0.717) is 10.6 Å². The van der Waals surface area contributed by atoms with Gasteiger partial charge in [0, 0.05) is 11.4 Å². The van der Waals surface area contributed by atoms with Crippen LogP contribution < -0.4 is 10.2 Å². The Morgan fingerprint density at radius 3 is 2.25 bits per heavy atom. The van der Waals surface area contributed by atoms with Crippen LogP contribution in [0.15, 0.2) is 54.1 Å². The zero-order valence-corrected chi connectivity index (χ0v) is 19.2. The van der Waals surface area contributed by atoms with Crippen LogP contribution in [0.5, 0.6) is 0 Å². The molecule has 6 nitrogen and oxygen atoms in total. The van der Waals surface area contributed by atoms with Crippen molar-refractivity contribution in [3.8, 4) is 5.69 Å². The average Bonchev–Trinajstić information content (AvgIpc) is 3.01. The fraction of sp³-hybridized carbons (Fsp3) is 0.0870. The summed E-state index contributed by atoms with van der Waals surface area (Å²) in [5.74, 6) is -1.59. The Bertz CT molecular complexity index is 1330. The Balaban J connectivity index is 1.81. The van der Waals surface area contributed by atoms with Gasteiger partial charge < -0.3 is 4.57 Å². The van der Waals surface area contributed by atoms with E-state index in [9.17, 15) is 14.4 Å². The Morgan fingerprint density at radius 1 is 0.875 bits per heavy atom. The molecule has 2 aromatic carbocycles. The van der Waals surface area contributed by atoms with Crippen LogP contribution in [0.3, 0.4) is 0 Å². The third-order valence-electron chi connectivity index (χ3n) is 5.14. The van der Waals surface area contributed by atoms with Crippen LogP contribution in [0.1, 0.15) is 17.0 Å². The first-order valence-electron chi connectivity index (χ1n) is 9.50. The fourth-order valence-electron chi connectivity index (χ4n) is 3.63. The highest BCUT2D eigenvalue weighted by Crippen LogP contribution is 2.35. The zero-order chi connectivity index (χ0) is 23.2. The molecule has 0 saturated carbocycles. The summed E-state index contributed by atoms with van der Waals surface area (Å²) in [5.41, 5.74) is 2.91. The number of amides is 4. The van der Waals surface area contributed by atoms with Crippen molar-refractivity contribution in [1.29, 1.82) is 0 Å². The van der Waals surface area contributed by atoms with Gasteiger partial charge in [0.25, 0.3) is 11.8 Å². The van der Waals surface area contributed by atoms with E-state index in [1.165, 1.54) is 18.2 Å². The van der Waals surface area contributed by atoms with Gasteiger partial charge in [0.15, 0.2) is 0 Å². The van der Waals surface area contributed by atoms with Crippen molar-refractivity contribution in [2.24, 2.45) is 0 Å². The summed E-state index contributed by atoms with van der Waals surface area (Å²) >= 11 is 18.6. The second kappa shape index (κ2) is 8.47. The van der Waals surface area contributed by atoms with Crippen molar-refractivity contribution in [1.82, 2.24) is 9.88 Å². The summed E-state index contributed by atoms with van der Waals surface area (Å²) in [6, 6.07) is 12.9. The van der Waals surface area contributed by atoms with Gasteiger partial charge in [0.1, 0.15) is 5.57 Å². The van der Waals surface area contributed by atoms with Gasteiger partial charge in [-0.2, -0.15) is 0 Å². The second-order valence-corrected chi connectivity index (χ2v) is 8.34. The molecule has 4 amide bonds. The summed E-state index contributed by atoms with van der Waals surface area (Å²) in [5, 5.41) is 2.96. The van der Waals surface area contributed by atoms with Crippen molar-refractivity contribution in [2.45, 2.75) is 13.8 Å². The molecule has 2 heterocycles. The minimum absolute atomic E-state index is 0.0308. The lowest BCUT2D eigenvalue weighted by Crippen LogP contribution is -2.54. The number of urea groups is 1. The number of imide groups is 2. The van der Waals surface area contributed by atoms with Crippen LogP contribution in [-0.4, -0.2) is 22.4 Å². The van der Waals surface area contributed by atoms with Crippen LogP contribution in [0.2, 0.25) is 15.1 Å². The molecular weight excluding hydrogens is 473 g/mol. The van der Waals surface area contributed by atoms with E-state index in [-0.39, 0.29) is 21.3 Å². The van der Waals surface area contributed by atoms with E-state index in [1.807, 2.05) is 42.7 Å². The Labute approximate surface area is 199 Å². The molecular formula is C23H16Cl3N3O3. The second-order valence-electron chi connectivity index (χ2n) is 7.14. The number of aromatic nitrogens is 1. The number of anilines is 1. The maximum absolute atomic E-state index is 13.2. The quantitative estimate of drug-likeness (QED) is 0.378. The predicted octanol–water partition coefficient (Wildman–Crippen LogP) is 5.72. The number of carbonyl (C=O) groups is 3. The molecule has 1 aliphatic rings. The van der Waals surface area contributed by atoms with E-state index < -0.39 is 17.8 Å². The number of benzene rings is 2. The molecule has 32 heavy (non-hydrogen) atoms. The molecule has 1 aromatic heterocycles. The zero-order valence-electron chi connectivity index (χ0n) is 16.9. The van der Waals surface area contributed by atoms with Crippen LogP contribution in [0.4, 0.5) is 10.5 Å². The molecule has 9 heteroatoms. The predicted molar refractivity (Wildman–Crippen MR) is 126 cm³/mol. The van der Waals surface area contributed by atoms with Gasteiger partial charge in [-0.3, -0.25) is 14.9 Å². The number of nitrogens with zero attached hydrogens (tertiary/aromatic N) is 2. The maximum atomic E-state index is 13.2. The van der Waals surface area contributed by atoms with Crippen molar-refractivity contribution in [2.75, 3.05) is 4.90 Å². The first-order chi connectivity index (χ1) is 15.2. The topological polar surface area (TPSA) is 71.4 Å². The van der Waals surface area contributed by atoms with Crippen molar-refractivity contribution in [3.63, 3.8) is 0 Å². The van der Waals surface area contributed by atoms with Gasteiger partial charge in [-0.25, -0.2) is 9.69 Å². The van der Waals surface area contributed by atoms with Crippen LogP contribution in [-0.2, 0) is 9.59 Å². The first kappa shape index (κ1) is 22.1. The van der Waals surface area contributed by atoms with E-state index in [1.54, 1.807) is 12.1 Å². The molecule has 4 rings (SSSR count). The highest BCUT2D eigenvalue weighted by atomic mass is 35.5. The van der Waals surface area contributed by atoms with Crippen LogP contribution in [0.25, 0.3) is 11.8 Å². The Morgan fingerprint density at radius 2 is 1.53 bits per heavy atom. The van der Waals surface area contributed by atoms with Gasteiger partial charge >= 0.3 is 6.03 Å². The molecule has 0 radical (unpaired) electrons. The minimum Gasteiger partial charge on any atom is -0.316 e. The number of halogens is 3. The van der Waals surface area contributed by atoms with E-state index >= 15 is 0 Å². The highest BCUT2D eigenvalue weighted by Gasteiger charge is 2.38. The van der Waals surface area contributed by atoms with E-state index in [4.69, 9.17) is 34.8 Å². The molecule has 162 valence electrons. The van der Waals surface area contributed by atoms with Gasteiger partial charge in [0.2, 0.25) is 0 Å². The van der Waals surface area contributed by atoms with Crippen LogP contribution >= 0.6 is 34.8 Å². The number of aryl methyl sites for hydroxylation is 1. The standard InChI is InChI=1S/C23H16Cl3N3O3/c1-12-10-14(13(2)28(12)18-8-4-3-6-16(18)24)11-15-21(30)27-23(32)29(22(15)31)19-9-5-7-17(25)20(19)26/h3-11H,1-2H3,(H,27,30,32)/b15-11+. The van der Waals surface area contributed by atoms with Gasteiger partial charge in [-0.1, -0.05) is 53.0 Å². The highest BCUT2D eigenvalue weighted by molar-refractivity contribution is 6.46.